The van der Waals surface area contributed by atoms with Crippen molar-refractivity contribution >= 4 is 0 Å². The van der Waals surface area contributed by atoms with Crippen LogP contribution < -0.4 is 4.74 Å². The van der Waals surface area contributed by atoms with Crippen LogP contribution in [-0.2, 0) is 12.8 Å². The second-order valence-electron chi connectivity index (χ2n) is 3.44. The van der Waals surface area contributed by atoms with E-state index in [9.17, 15) is 4.39 Å². The number of hydrogen-bond acceptors (Lipinski definition) is 2. The van der Waals surface area contributed by atoms with Crippen molar-refractivity contribution in [2.75, 3.05) is 13.2 Å². The molecule has 0 unspecified atom stereocenters. The van der Waals surface area contributed by atoms with E-state index >= 15 is 0 Å². The minimum absolute atomic E-state index is 0.0864. The topological polar surface area (TPSA) is 29.5 Å². The van der Waals surface area contributed by atoms with Crippen LogP contribution in [0.15, 0.2) is 12.1 Å². The van der Waals surface area contributed by atoms with Crippen molar-refractivity contribution < 1.29 is 14.2 Å². The number of ether oxygens (including phenoxy) is 1. The Labute approximate surface area is 82.3 Å². The third-order valence-corrected chi connectivity index (χ3v) is 2.49. The molecule has 0 spiro atoms. The van der Waals surface area contributed by atoms with Crippen molar-refractivity contribution in [3.05, 3.63) is 29.1 Å². The number of aliphatic hydroxyl groups excluding tert-OH is 1. The minimum Gasteiger partial charge on any atom is -0.493 e. The molecule has 2 rings (SSSR count). The molecule has 1 aliphatic heterocycles. The first-order valence-corrected chi connectivity index (χ1v) is 4.87. The van der Waals surface area contributed by atoms with Crippen molar-refractivity contribution in [2.24, 2.45) is 0 Å². The van der Waals surface area contributed by atoms with Gasteiger partial charge < -0.3 is 9.84 Å². The number of halogens is 1. The van der Waals surface area contributed by atoms with Crippen LogP contribution >= 0.6 is 0 Å². The molecule has 0 aromatic heterocycles. The highest BCUT2D eigenvalue weighted by atomic mass is 19.1. The van der Waals surface area contributed by atoms with E-state index in [-0.39, 0.29) is 12.4 Å². The lowest BCUT2D eigenvalue weighted by Gasteiger charge is -2.08. The third kappa shape index (κ3) is 1.60. The Balaban J connectivity index is 2.31. The predicted molar refractivity (Wildman–Crippen MR) is 51.0 cm³/mol. The summed E-state index contributed by atoms with van der Waals surface area (Å²) in [5, 5.41) is 8.70. The summed E-state index contributed by atoms with van der Waals surface area (Å²) in [5.41, 5.74) is 1.70. The zero-order valence-electron chi connectivity index (χ0n) is 7.92. The molecule has 0 saturated heterocycles. The number of fused-ring (bicyclic) bond motifs is 1. The van der Waals surface area contributed by atoms with Gasteiger partial charge in [-0.05, 0) is 24.5 Å². The Bertz CT molecular complexity index is 336. The van der Waals surface area contributed by atoms with Gasteiger partial charge in [-0.3, -0.25) is 0 Å². The number of hydrogen-bond donors (Lipinski definition) is 1. The molecule has 2 nitrogen and oxygen atoms in total. The molecule has 76 valence electrons. The van der Waals surface area contributed by atoms with E-state index in [1.165, 1.54) is 6.07 Å². The average Bonchev–Trinajstić information content (AvgIpc) is 2.64. The Morgan fingerprint density at radius 1 is 1.43 bits per heavy atom. The maximum Gasteiger partial charge on any atom is 0.130 e. The summed E-state index contributed by atoms with van der Waals surface area (Å²) in [7, 11) is 0. The standard InChI is InChI=1S/C11H13FO2/c12-10-4-3-8-5-7-14-11(8)9(10)2-1-6-13/h3-4,13H,1-2,5-7H2. The molecular formula is C11H13FO2. The Morgan fingerprint density at radius 3 is 3.07 bits per heavy atom. The highest BCUT2D eigenvalue weighted by Crippen LogP contribution is 2.32. The van der Waals surface area contributed by atoms with Gasteiger partial charge in [0.2, 0.25) is 0 Å². The number of benzene rings is 1. The summed E-state index contributed by atoms with van der Waals surface area (Å²) in [6.07, 6.45) is 1.99. The van der Waals surface area contributed by atoms with Crippen LogP contribution in [0, 0.1) is 5.82 Å². The van der Waals surface area contributed by atoms with Gasteiger partial charge in [-0.15, -0.1) is 0 Å². The van der Waals surface area contributed by atoms with E-state index in [4.69, 9.17) is 9.84 Å². The highest BCUT2D eigenvalue weighted by Gasteiger charge is 2.18. The number of rotatable bonds is 3. The summed E-state index contributed by atoms with van der Waals surface area (Å²) in [6.45, 7) is 0.730. The summed E-state index contributed by atoms with van der Waals surface area (Å²) in [5.74, 6) is 0.484. The van der Waals surface area contributed by atoms with Crippen molar-refractivity contribution in [3.8, 4) is 5.75 Å². The van der Waals surface area contributed by atoms with E-state index in [0.717, 1.165) is 12.0 Å². The highest BCUT2D eigenvalue weighted by molar-refractivity contribution is 5.44. The molecule has 3 heteroatoms. The summed E-state index contributed by atoms with van der Waals surface area (Å²) in [6, 6.07) is 3.26. The number of aliphatic hydroxyl groups is 1. The lowest BCUT2D eigenvalue weighted by Crippen LogP contribution is -1.97. The Morgan fingerprint density at radius 2 is 2.29 bits per heavy atom. The van der Waals surface area contributed by atoms with E-state index in [1.807, 2.05) is 0 Å². The molecule has 14 heavy (non-hydrogen) atoms. The quantitative estimate of drug-likeness (QED) is 0.797. The molecule has 0 atom stereocenters. The van der Waals surface area contributed by atoms with Crippen molar-refractivity contribution in [1.82, 2.24) is 0 Å². The monoisotopic (exact) mass is 196 g/mol. The molecule has 1 heterocycles. The van der Waals surface area contributed by atoms with E-state index in [1.54, 1.807) is 6.07 Å². The molecule has 1 aromatic rings. The van der Waals surface area contributed by atoms with Crippen LogP contribution in [0.3, 0.4) is 0 Å². The second kappa shape index (κ2) is 3.96. The van der Waals surface area contributed by atoms with E-state index < -0.39 is 0 Å². The fourth-order valence-electron chi connectivity index (χ4n) is 1.78. The van der Waals surface area contributed by atoms with Gasteiger partial charge in [0.1, 0.15) is 11.6 Å². The van der Waals surface area contributed by atoms with Gasteiger partial charge in [-0.1, -0.05) is 6.07 Å². The van der Waals surface area contributed by atoms with Crippen LogP contribution in [-0.4, -0.2) is 18.3 Å². The van der Waals surface area contributed by atoms with Crippen LogP contribution in [0.4, 0.5) is 4.39 Å². The first kappa shape index (κ1) is 9.46. The van der Waals surface area contributed by atoms with Gasteiger partial charge in [0.15, 0.2) is 0 Å². The molecule has 0 fully saturated rings. The average molecular weight is 196 g/mol. The predicted octanol–water partition coefficient (Wildman–Crippen LogP) is 1.69. The molecule has 0 saturated carbocycles. The SMILES string of the molecule is OCCCc1c(F)ccc2c1OCC2. The second-order valence-corrected chi connectivity index (χ2v) is 3.44. The molecule has 0 aliphatic carbocycles. The lowest BCUT2D eigenvalue weighted by atomic mass is 10.0. The largest absolute Gasteiger partial charge is 0.493 e. The molecule has 0 bridgehead atoms. The van der Waals surface area contributed by atoms with Crippen molar-refractivity contribution in [2.45, 2.75) is 19.3 Å². The zero-order valence-corrected chi connectivity index (χ0v) is 7.92. The smallest absolute Gasteiger partial charge is 0.130 e. The molecule has 1 N–H and O–H groups in total. The minimum atomic E-state index is -0.223. The summed E-state index contributed by atoms with van der Waals surface area (Å²) < 4.78 is 18.8. The van der Waals surface area contributed by atoms with Crippen LogP contribution in [0.5, 0.6) is 5.75 Å². The summed E-state index contributed by atoms with van der Waals surface area (Å²) >= 11 is 0. The fourth-order valence-corrected chi connectivity index (χ4v) is 1.78. The first-order valence-electron chi connectivity index (χ1n) is 4.87. The van der Waals surface area contributed by atoms with Crippen molar-refractivity contribution in [3.63, 3.8) is 0 Å². The van der Waals surface area contributed by atoms with Crippen LogP contribution in [0.1, 0.15) is 17.5 Å². The van der Waals surface area contributed by atoms with Gasteiger partial charge >= 0.3 is 0 Å². The van der Waals surface area contributed by atoms with Crippen LogP contribution in [0.25, 0.3) is 0 Å². The fraction of sp³-hybridized carbons (Fsp3) is 0.455. The molecule has 1 aromatic carbocycles. The van der Waals surface area contributed by atoms with Gasteiger partial charge in [0.05, 0.1) is 6.61 Å². The molecule has 0 amide bonds. The van der Waals surface area contributed by atoms with E-state index in [2.05, 4.69) is 0 Å². The molecule has 1 aliphatic rings. The third-order valence-electron chi connectivity index (χ3n) is 2.49. The van der Waals surface area contributed by atoms with Crippen molar-refractivity contribution in [1.29, 1.82) is 0 Å². The maximum absolute atomic E-state index is 13.4. The first-order chi connectivity index (χ1) is 6.83. The maximum atomic E-state index is 13.4. The molecule has 0 radical (unpaired) electrons. The zero-order chi connectivity index (χ0) is 9.97. The van der Waals surface area contributed by atoms with Crippen LogP contribution in [0.2, 0.25) is 0 Å². The van der Waals surface area contributed by atoms with Gasteiger partial charge in [0, 0.05) is 18.6 Å². The van der Waals surface area contributed by atoms with Gasteiger partial charge in [0.25, 0.3) is 0 Å². The molecular weight excluding hydrogens is 183 g/mol. The van der Waals surface area contributed by atoms with Gasteiger partial charge in [-0.2, -0.15) is 0 Å². The normalized spacial score (nSPS) is 13.9. The van der Waals surface area contributed by atoms with E-state index in [0.29, 0.717) is 30.8 Å². The Hall–Kier alpha value is -1.09. The van der Waals surface area contributed by atoms with Gasteiger partial charge in [-0.25, -0.2) is 4.39 Å². The summed E-state index contributed by atoms with van der Waals surface area (Å²) in [4.78, 5) is 0. The lowest BCUT2D eigenvalue weighted by molar-refractivity contribution is 0.286. The Kier molecular flexibility index (Phi) is 2.68.